The van der Waals surface area contributed by atoms with Gasteiger partial charge >= 0.3 is 0 Å². The number of nitrogens with zero attached hydrogens (tertiary/aromatic N) is 2. The molecule has 2 aliphatic carbocycles. The molecule has 1 spiro atoms. The summed E-state index contributed by atoms with van der Waals surface area (Å²) in [7, 11) is 0. The molecule has 2 aromatic heterocycles. The molecular weight excluding hydrogens is 721 g/mol. The van der Waals surface area contributed by atoms with E-state index in [0.717, 1.165) is 39.2 Å². The molecule has 0 saturated heterocycles. The van der Waals surface area contributed by atoms with Crippen molar-refractivity contribution in [1.82, 2.24) is 9.97 Å². The SMILES string of the molecule is c1ccc(-c2ccc(-c3cc(-c4ccccc4)nc(-c4ccccc4-c4ccc5c(c4)C4(c6ccccc6-5)c5ccccc5-c5sc6ccccc6c54)n3)cc2)cc1. The molecule has 12 rings (SSSR count). The maximum atomic E-state index is 5.34. The van der Waals surface area contributed by atoms with Crippen LogP contribution in [-0.2, 0) is 5.41 Å². The number of rotatable bonds is 5. The molecule has 0 saturated carbocycles. The molecule has 58 heavy (non-hydrogen) atoms. The summed E-state index contributed by atoms with van der Waals surface area (Å²) in [5, 5.41) is 1.34. The first-order valence-electron chi connectivity index (χ1n) is 19.8. The topological polar surface area (TPSA) is 25.8 Å². The summed E-state index contributed by atoms with van der Waals surface area (Å²) >= 11 is 1.92. The van der Waals surface area contributed by atoms with Crippen LogP contribution in [0.1, 0.15) is 22.3 Å². The summed E-state index contributed by atoms with van der Waals surface area (Å²) in [4.78, 5) is 12.0. The lowest BCUT2D eigenvalue weighted by Gasteiger charge is -2.30. The Morgan fingerprint density at radius 3 is 1.59 bits per heavy atom. The number of hydrogen-bond acceptors (Lipinski definition) is 3. The van der Waals surface area contributed by atoms with Gasteiger partial charge in [0.25, 0.3) is 0 Å². The first-order chi connectivity index (χ1) is 28.8. The average Bonchev–Trinajstić information content (AvgIpc) is 3.93. The third-order valence-corrected chi connectivity index (χ3v) is 13.4. The van der Waals surface area contributed by atoms with Crippen LogP contribution in [0.4, 0.5) is 0 Å². The molecule has 0 radical (unpaired) electrons. The first kappa shape index (κ1) is 33.0. The minimum atomic E-state index is -0.439. The van der Waals surface area contributed by atoms with E-state index in [-0.39, 0.29) is 0 Å². The van der Waals surface area contributed by atoms with Crippen LogP contribution in [0.2, 0.25) is 0 Å². The summed E-state index contributed by atoms with van der Waals surface area (Å²) in [5.41, 5.74) is 18.5. The molecule has 270 valence electrons. The Bertz CT molecular complexity index is 3220. The fraction of sp³-hybridized carbons (Fsp3) is 0.0182. The van der Waals surface area contributed by atoms with Gasteiger partial charge in [0.15, 0.2) is 5.82 Å². The lowest BCUT2D eigenvalue weighted by Crippen LogP contribution is -2.25. The largest absolute Gasteiger partial charge is 0.228 e. The van der Waals surface area contributed by atoms with Gasteiger partial charge in [-0.05, 0) is 84.8 Å². The molecule has 3 heteroatoms. The molecule has 0 amide bonds. The maximum absolute atomic E-state index is 5.34. The summed E-state index contributed by atoms with van der Waals surface area (Å²) in [6, 6.07) is 74.6. The minimum absolute atomic E-state index is 0.439. The van der Waals surface area contributed by atoms with Crippen molar-refractivity contribution in [2.45, 2.75) is 5.41 Å². The highest BCUT2D eigenvalue weighted by Crippen LogP contribution is 2.66. The molecule has 2 heterocycles. The van der Waals surface area contributed by atoms with Gasteiger partial charge in [-0.25, -0.2) is 9.97 Å². The minimum Gasteiger partial charge on any atom is -0.228 e. The van der Waals surface area contributed by atoms with E-state index in [9.17, 15) is 0 Å². The van der Waals surface area contributed by atoms with E-state index in [1.807, 2.05) is 17.4 Å². The second-order valence-corrected chi connectivity index (χ2v) is 16.3. The fourth-order valence-corrected chi connectivity index (χ4v) is 10.9. The molecule has 0 N–H and O–H groups in total. The van der Waals surface area contributed by atoms with Crippen LogP contribution < -0.4 is 0 Å². The van der Waals surface area contributed by atoms with Gasteiger partial charge in [0.2, 0.25) is 0 Å². The predicted molar refractivity (Wildman–Crippen MR) is 241 cm³/mol. The van der Waals surface area contributed by atoms with E-state index in [0.29, 0.717) is 5.82 Å². The van der Waals surface area contributed by atoms with Crippen molar-refractivity contribution >= 4 is 21.4 Å². The lowest BCUT2D eigenvalue weighted by molar-refractivity contribution is 0.803. The fourth-order valence-electron chi connectivity index (χ4n) is 9.62. The summed E-state index contributed by atoms with van der Waals surface area (Å²) in [6.45, 7) is 0. The van der Waals surface area contributed by atoms with Crippen LogP contribution in [0.25, 0.3) is 87.8 Å². The standard InChI is InChI=1S/C55H34N2S/c1-3-15-35(16-4-1)36-27-29-38(30-28-36)50-34-49(37-17-5-2-6-18-37)56-54(57-50)43-21-8-7-19-40(43)39-31-32-42-41-20-9-12-24-46(41)55(48(42)33-39)47-25-13-10-22-44(47)53-52(55)45-23-11-14-26-51(45)58-53/h1-34H. The van der Waals surface area contributed by atoms with Crippen LogP contribution in [0.5, 0.6) is 0 Å². The van der Waals surface area contributed by atoms with Crippen molar-refractivity contribution in [3.8, 4) is 77.7 Å². The molecular formula is C55H34N2S. The van der Waals surface area contributed by atoms with Gasteiger partial charge in [0.05, 0.1) is 16.8 Å². The van der Waals surface area contributed by atoms with Crippen molar-refractivity contribution in [2.75, 3.05) is 0 Å². The zero-order valence-corrected chi connectivity index (χ0v) is 32.2. The van der Waals surface area contributed by atoms with E-state index in [1.165, 1.54) is 65.0 Å². The van der Waals surface area contributed by atoms with Gasteiger partial charge in [-0.1, -0.05) is 188 Å². The molecule has 0 fully saturated rings. The summed E-state index contributed by atoms with van der Waals surface area (Å²) in [6.07, 6.45) is 0. The van der Waals surface area contributed by atoms with Crippen LogP contribution in [-0.4, -0.2) is 9.97 Å². The number of benzene rings is 8. The van der Waals surface area contributed by atoms with Gasteiger partial charge in [0, 0.05) is 26.3 Å². The van der Waals surface area contributed by atoms with Crippen molar-refractivity contribution in [2.24, 2.45) is 0 Å². The van der Waals surface area contributed by atoms with Crippen LogP contribution in [0, 0.1) is 0 Å². The van der Waals surface area contributed by atoms with Crippen molar-refractivity contribution < 1.29 is 0 Å². The molecule has 1 atom stereocenters. The number of fused-ring (bicyclic) bond motifs is 12. The third kappa shape index (κ3) is 4.84. The van der Waals surface area contributed by atoms with Crippen LogP contribution in [0.3, 0.4) is 0 Å². The molecule has 0 aliphatic heterocycles. The Labute approximate surface area is 341 Å². The van der Waals surface area contributed by atoms with E-state index in [2.05, 4.69) is 200 Å². The Kier molecular flexibility index (Phi) is 7.35. The zero-order valence-electron chi connectivity index (χ0n) is 31.4. The van der Waals surface area contributed by atoms with Crippen LogP contribution in [0.15, 0.2) is 206 Å². The van der Waals surface area contributed by atoms with E-state index < -0.39 is 5.41 Å². The molecule has 2 aliphatic rings. The second kappa shape index (κ2) is 12.9. The highest BCUT2D eigenvalue weighted by Gasteiger charge is 2.53. The Hall–Kier alpha value is -7.20. The van der Waals surface area contributed by atoms with Gasteiger partial charge in [-0.15, -0.1) is 11.3 Å². The highest BCUT2D eigenvalue weighted by molar-refractivity contribution is 7.22. The first-order valence-corrected chi connectivity index (χ1v) is 20.6. The highest BCUT2D eigenvalue weighted by atomic mass is 32.1. The van der Waals surface area contributed by atoms with Gasteiger partial charge in [-0.3, -0.25) is 0 Å². The zero-order chi connectivity index (χ0) is 38.2. The normalized spacial score (nSPS) is 14.6. The smallest absolute Gasteiger partial charge is 0.161 e. The molecule has 1 unspecified atom stereocenters. The van der Waals surface area contributed by atoms with E-state index >= 15 is 0 Å². The monoisotopic (exact) mass is 754 g/mol. The third-order valence-electron chi connectivity index (χ3n) is 12.2. The number of thiophene rings is 1. The van der Waals surface area contributed by atoms with Gasteiger partial charge in [-0.2, -0.15) is 0 Å². The molecule has 2 nitrogen and oxygen atoms in total. The Morgan fingerprint density at radius 2 is 0.845 bits per heavy atom. The number of hydrogen-bond donors (Lipinski definition) is 0. The molecule has 0 bridgehead atoms. The Balaban J connectivity index is 1.06. The lowest BCUT2D eigenvalue weighted by atomic mass is 9.70. The average molecular weight is 755 g/mol. The Morgan fingerprint density at radius 1 is 0.345 bits per heavy atom. The van der Waals surface area contributed by atoms with Crippen molar-refractivity contribution in [1.29, 1.82) is 0 Å². The molecule has 10 aromatic rings. The van der Waals surface area contributed by atoms with E-state index in [1.54, 1.807) is 0 Å². The molecule has 8 aromatic carbocycles. The summed E-state index contributed by atoms with van der Waals surface area (Å²) < 4.78 is 1.33. The van der Waals surface area contributed by atoms with Crippen LogP contribution >= 0.6 is 11.3 Å². The van der Waals surface area contributed by atoms with Crippen molar-refractivity contribution in [3.63, 3.8) is 0 Å². The van der Waals surface area contributed by atoms with E-state index in [4.69, 9.17) is 9.97 Å². The second-order valence-electron chi connectivity index (χ2n) is 15.2. The predicted octanol–water partition coefficient (Wildman–Crippen LogP) is 14.4. The quantitative estimate of drug-likeness (QED) is 0.175. The van der Waals surface area contributed by atoms with Crippen molar-refractivity contribution in [3.05, 3.63) is 229 Å². The number of aromatic nitrogens is 2. The maximum Gasteiger partial charge on any atom is 0.161 e. The van der Waals surface area contributed by atoms with Gasteiger partial charge in [0.1, 0.15) is 0 Å². The summed E-state index contributed by atoms with van der Waals surface area (Å²) in [5.74, 6) is 0.704. The van der Waals surface area contributed by atoms with Gasteiger partial charge < -0.3 is 0 Å².